The van der Waals surface area contributed by atoms with Gasteiger partial charge in [-0.05, 0) is 118 Å². The Morgan fingerprint density at radius 3 is 1.65 bits per heavy atom. The summed E-state index contributed by atoms with van der Waals surface area (Å²) in [6.07, 6.45) is 6.46. The van der Waals surface area contributed by atoms with Crippen LogP contribution in [0.2, 0.25) is 0 Å². The molecular formula is C45H51N7. The van der Waals surface area contributed by atoms with Gasteiger partial charge in [0.2, 0.25) is 0 Å². The second-order valence-corrected chi connectivity index (χ2v) is 17.8. The third kappa shape index (κ3) is 3.21. The summed E-state index contributed by atoms with van der Waals surface area (Å²) in [5.74, 6) is 0. The van der Waals surface area contributed by atoms with Crippen LogP contribution in [0.25, 0.3) is 0 Å². The van der Waals surface area contributed by atoms with Gasteiger partial charge in [0.05, 0.1) is 29.3 Å². The largest absolute Gasteiger partial charge is 0.368 e. The van der Waals surface area contributed by atoms with Crippen LogP contribution in [0.4, 0.5) is 17.1 Å². The molecule has 7 nitrogen and oxygen atoms in total. The maximum Gasteiger partial charge on any atom is 0.0933 e. The van der Waals surface area contributed by atoms with Crippen LogP contribution >= 0.6 is 0 Å². The van der Waals surface area contributed by atoms with Crippen LogP contribution in [0, 0.1) is 0 Å². The number of likely N-dealkylation sites (N-methyl/N-ethyl adjacent to an activating group) is 4. The van der Waals surface area contributed by atoms with Crippen molar-refractivity contribution >= 4 is 17.1 Å². The van der Waals surface area contributed by atoms with Crippen LogP contribution in [0.3, 0.4) is 0 Å². The SMILES string of the molecule is CN1CC[C@]2(c3cccc4c3C[C@H]3N(C)CC[C@@]45[C@@H]4Nc6c([C@]78CCN(C)[C@H]7Nc7ccccc78)cccc6[C@]35CCN4C)c3ccccc3N[C@H]12. The van der Waals surface area contributed by atoms with Crippen LogP contribution in [0.15, 0.2) is 84.9 Å². The number of para-hydroxylation sites is 3. The molecule has 4 aromatic carbocycles. The normalized spacial score (nSPS) is 38.2. The van der Waals surface area contributed by atoms with Crippen molar-refractivity contribution < 1.29 is 0 Å². The van der Waals surface area contributed by atoms with Gasteiger partial charge in [-0.1, -0.05) is 72.8 Å². The van der Waals surface area contributed by atoms with E-state index in [4.69, 9.17) is 0 Å². The average molecular weight is 690 g/mol. The molecule has 8 atom stereocenters. The molecule has 4 saturated heterocycles. The first-order valence-electron chi connectivity index (χ1n) is 19.9. The van der Waals surface area contributed by atoms with E-state index < -0.39 is 0 Å². The first-order valence-corrected chi connectivity index (χ1v) is 19.9. The first kappa shape index (κ1) is 30.6. The number of likely N-dealkylation sites (tertiary alicyclic amines) is 4. The molecule has 8 aliphatic rings. The lowest BCUT2D eigenvalue weighted by Crippen LogP contribution is -2.80. The Morgan fingerprint density at radius 2 is 0.962 bits per heavy atom. The van der Waals surface area contributed by atoms with Crippen molar-refractivity contribution in [1.82, 2.24) is 19.6 Å². The molecule has 7 aliphatic heterocycles. The summed E-state index contributed by atoms with van der Waals surface area (Å²) in [5, 5.41) is 12.5. The van der Waals surface area contributed by atoms with E-state index in [1.807, 2.05) is 0 Å². The topological polar surface area (TPSA) is 49.1 Å². The van der Waals surface area contributed by atoms with Gasteiger partial charge in [-0.3, -0.25) is 14.7 Å². The molecule has 52 heavy (non-hydrogen) atoms. The van der Waals surface area contributed by atoms with Crippen LogP contribution in [0.1, 0.15) is 64.6 Å². The lowest BCUT2D eigenvalue weighted by atomic mass is 9.41. The number of rotatable bonds is 2. The van der Waals surface area contributed by atoms with Gasteiger partial charge >= 0.3 is 0 Å². The fraction of sp³-hybridized carbons (Fsp3) is 0.467. The number of hydrogen-bond donors (Lipinski definition) is 3. The lowest BCUT2D eigenvalue weighted by molar-refractivity contribution is -0.0812. The molecule has 4 bridgehead atoms. The third-order valence-electron chi connectivity index (χ3n) is 16.3. The predicted molar refractivity (Wildman–Crippen MR) is 209 cm³/mol. The van der Waals surface area contributed by atoms with Crippen molar-refractivity contribution in [2.24, 2.45) is 0 Å². The Bertz CT molecular complexity index is 2030. The monoisotopic (exact) mass is 689 g/mol. The summed E-state index contributed by atoms with van der Waals surface area (Å²) in [4.78, 5) is 10.6. The standard InChI is InChI=1S/C45H51N7/c1-49-25-22-45-30-14-9-13-29(42-19-23-50(2)39(42)46-35-17-7-5-11-31(35)42)28(30)27-37(49)44(45)21-26-52(4)41(45)48-38-33(15-10-16-34(38)44)43-20-24-51(3)40(43)47-36-18-8-6-12-32(36)43/h5-18,37,39-41,46-48H,19-27H2,1-4H3/t37-,39-,40-,41-,42+,43-,44-,45+/m1/s1. The maximum atomic E-state index is 4.47. The smallest absolute Gasteiger partial charge is 0.0933 e. The highest BCUT2D eigenvalue weighted by molar-refractivity contribution is 5.77. The van der Waals surface area contributed by atoms with E-state index in [-0.39, 0.29) is 40.2 Å². The molecule has 0 amide bonds. The van der Waals surface area contributed by atoms with Crippen molar-refractivity contribution in [1.29, 1.82) is 0 Å². The molecule has 0 spiro atoms. The Kier molecular flexibility index (Phi) is 5.88. The van der Waals surface area contributed by atoms with Crippen molar-refractivity contribution in [2.75, 3.05) is 70.3 Å². The molecule has 0 aromatic heterocycles. The van der Waals surface area contributed by atoms with Gasteiger partial charge in [-0.2, -0.15) is 0 Å². The summed E-state index contributed by atoms with van der Waals surface area (Å²) < 4.78 is 0. The summed E-state index contributed by atoms with van der Waals surface area (Å²) >= 11 is 0. The molecule has 0 unspecified atom stereocenters. The summed E-state index contributed by atoms with van der Waals surface area (Å²) in [6.45, 7) is 4.43. The molecule has 1 aliphatic carbocycles. The Morgan fingerprint density at radius 1 is 0.462 bits per heavy atom. The molecule has 0 radical (unpaired) electrons. The van der Waals surface area contributed by atoms with E-state index in [0.29, 0.717) is 6.04 Å². The molecule has 0 saturated carbocycles. The average Bonchev–Trinajstić information content (AvgIpc) is 3.89. The van der Waals surface area contributed by atoms with Crippen molar-refractivity contribution in [3.63, 3.8) is 0 Å². The van der Waals surface area contributed by atoms with Crippen molar-refractivity contribution in [3.05, 3.63) is 124 Å². The minimum absolute atomic E-state index is 0.0109. The van der Waals surface area contributed by atoms with Gasteiger partial charge in [0.1, 0.15) is 0 Å². The van der Waals surface area contributed by atoms with Crippen LogP contribution in [-0.4, -0.2) is 98.5 Å². The molecule has 7 heterocycles. The van der Waals surface area contributed by atoms with Crippen molar-refractivity contribution in [2.45, 2.75) is 78.3 Å². The number of nitrogens with one attached hydrogen (secondary N) is 3. The lowest BCUT2D eigenvalue weighted by Gasteiger charge is -2.72. The highest BCUT2D eigenvalue weighted by Gasteiger charge is 2.72. The molecule has 7 heteroatoms. The Balaban J connectivity index is 1.12. The molecule has 4 aromatic rings. The summed E-state index contributed by atoms with van der Waals surface area (Å²) in [7, 11) is 9.48. The van der Waals surface area contributed by atoms with Gasteiger partial charge in [-0.15, -0.1) is 0 Å². The quantitative estimate of drug-likeness (QED) is 0.241. The fourth-order valence-electron chi connectivity index (χ4n) is 14.3. The molecular weight excluding hydrogens is 639 g/mol. The van der Waals surface area contributed by atoms with Crippen LogP contribution in [-0.2, 0) is 28.1 Å². The minimum Gasteiger partial charge on any atom is -0.368 e. The zero-order valence-corrected chi connectivity index (χ0v) is 31.0. The highest BCUT2D eigenvalue weighted by Crippen LogP contribution is 2.69. The molecule has 3 N–H and O–H groups in total. The van der Waals surface area contributed by atoms with E-state index in [0.717, 1.165) is 51.9 Å². The second kappa shape index (κ2) is 10.00. The van der Waals surface area contributed by atoms with E-state index in [1.54, 1.807) is 22.3 Å². The van der Waals surface area contributed by atoms with Gasteiger partial charge in [0.15, 0.2) is 0 Å². The number of nitrogens with zero attached hydrogens (tertiary/aromatic N) is 4. The summed E-state index contributed by atoms with van der Waals surface area (Å²) in [5.41, 5.74) is 14.8. The zero-order valence-electron chi connectivity index (χ0n) is 31.0. The van der Waals surface area contributed by atoms with Crippen LogP contribution < -0.4 is 16.0 Å². The van der Waals surface area contributed by atoms with Gasteiger partial charge < -0.3 is 20.9 Å². The summed E-state index contributed by atoms with van der Waals surface area (Å²) in [6, 6.07) is 33.8. The zero-order chi connectivity index (χ0) is 34.8. The third-order valence-corrected chi connectivity index (χ3v) is 16.3. The van der Waals surface area contributed by atoms with Crippen molar-refractivity contribution in [3.8, 4) is 0 Å². The number of benzene rings is 4. The Labute approximate surface area is 308 Å². The number of fused-ring (bicyclic) bond motifs is 8. The van der Waals surface area contributed by atoms with Crippen LogP contribution in [0.5, 0.6) is 0 Å². The number of piperidine rings is 2. The van der Waals surface area contributed by atoms with Gasteiger partial charge in [0, 0.05) is 53.6 Å². The highest BCUT2D eigenvalue weighted by atomic mass is 15.3. The van der Waals surface area contributed by atoms with Gasteiger partial charge in [-0.25, -0.2) is 0 Å². The van der Waals surface area contributed by atoms with E-state index in [2.05, 4.69) is 149 Å². The second-order valence-electron chi connectivity index (χ2n) is 17.8. The maximum absolute atomic E-state index is 4.47. The first-order chi connectivity index (χ1) is 25.4. The van der Waals surface area contributed by atoms with E-state index in [1.165, 1.54) is 40.2 Å². The molecule has 12 rings (SSSR count). The van der Waals surface area contributed by atoms with Gasteiger partial charge in [0.25, 0.3) is 0 Å². The fourth-order valence-corrected chi connectivity index (χ4v) is 14.3. The van der Waals surface area contributed by atoms with E-state index >= 15 is 0 Å². The van der Waals surface area contributed by atoms with E-state index in [9.17, 15) is 0 Å². The molecule has 4 fully saturated rings. The number of anilines is 3. The minimum atomic E-state index is -0.0933. The predicted octanol–water partition coefficient (Wildman–Crippen LogP) is 5.96. The number of hydrogen-bond acceptors (Lipinski definition) is 7. The Hall–Kier alpha value is -3.88. The molecule has 266 valence electrons.